The molecule has 3 atom stereocenters. The van der Waals surface area contributed by atoms with E-state index in [1.165, 1.54) is 5.69 Å². The first-order valence-corrected chi connectivity index (χ1v) is 21.1. The van der Waals surface area contributed by atoms with Crippen molar-refractivity contribution in [2.45, 2.75) is 64.1 Å². The molecule has 306 valence electrons. The highest BCUT2D eigenvalue weighted by molar-refractivity contribution is 6.23. The maximum absolute atomic E-state index is 13.5. The van der Waals surface area contributed by atoms with E-state index in [2.05, 4.69) is 58.1 Å². The van der Waals surface area contributed by atoms with Crippen LogP contribution in [-0.2, 0) is 9.59 Å². The van der Waals surface area contributed by atoms with Crippen LogP contribution in [0.3, 0.4) is 0 Å². The molecule has 0 aromatic heterocycles. The van der Waals surface area contributed by atoms with Gasteiger partial charge in [-0.1, -0.05) is 36.4 Å². The summed E-state index contributed by atoms with van der Waals surface area (Å²) in [5.74, 6) is -0.556. The predicted molar refractivity (Wildman–Crippen MR) is 230 cm³/mol. The van der Waals surface area contributed by atoms with Crippen LogP contribution in [-0.4, -0.2) is 100 Å². The highest BCUT2D eigenvalue weighted by atomic mass is 35.5. The highest BCUT2D eigenvalue weighted by Gasteiger charge is 2.45. The number of piperazine rings is 1. The number of rotatable bonds is 10. The number of hydrogen-bond donors (Lipinski definition) is 3. The van der Waals surface area contributed by atoms with E-state index in [4.69, 9.17) is 11.6 Å². The number of imide groups is 2. The number of alkyl halides is 1. The lowest BCUT2D eigenvalue weighted by Gasteiger charge is -2.47. The molecule has 0 saturated carbocycles. The monoisotopic (exact) mass is 815 g/mol. The molecule has 3 N–H and O–H groups in total. The summed E-state index contributed by atoms with van der Waals surface area (Å²) in [7, 11) is 0. The minimum Gasteiger partial charge on any atom is -0.508 e. The van der Waals surface area contributed by atoms with Gasteiger partial charge in [0.05, 0.1) is 11.1 Å². The second-order valence-electron chi connectivity index (χ2n) is 16.3. The van der Waals surface area contributed by atoms with Gasteiger partial charge in [0.1, 0.15) is 17.5 Å². The van der Waals surface area contributed by atoms with Crippen molar-refractivity contribution in [3.63, 3.8) is 0 Å². The van der Waals surface area contributed by atoms with Crippen molar-refractivity contribution in [1.29, 1.82) is 0 Å². The first-order valence-electron chi connectivity index (χ1n) is 20.6. The second kappa shape index (κ2) is 16.9. The number of carbonyl (C=O) groups excluding carboxylic acids is 4. The van der Waals surface area contributed by atoms with E-state index in [0.29, 0.717) is 29.3 Å². The molecular weight excluding hydrogens is 766 g/mol. The van der Waals surface area contributed by atoms with Gasteiger partial charge in [0.2, 0.25) is 11.8 Å². The molecule has 11 nitrogen and oxygen atoms in total. The summed E-state index contributed by atoms with van der Waals surface area (Å²) in [6.45, 7) is 9.04. The highest BCUT2D eigenvalue weighted by Crippen LogP contribution is 2.38. The van der Waals surface area contributed by atoms with Crippen molar-refractivity contribution in [3.8, 4) is 11.5 Å². The lowest BCUT2D eigenvalue weighted by Crippen LogP contribution is -2.58. The second-order valence-corrected chi connectivity index (χ2v) is 16.7. The Morgan fingerprint density at radius 3 is 1.85 bits per heavy atom. The Hall–Kier alpha value is -5.65. The van der Waals surface area contributed by atoms with Crippen LogP contribution in [0.4, 0.5) is 11.4 Å². The molecular formula is C47H50ClN5O6. The van der Waals surface area contributed by atoms with Crippen molar-refractivity contribution in [2.24, 2.45) is 5.92 Å². The molecule has 0 spiro atoms. The number of phenols is 2. The van der Waals surface area contributed by atoms with E-state index in [1.54, 1.807) is 36.4 Å². The first-order chi connectivity index (χ1) is 28.5. The molecule has 4 aliphatic rings. The number of allylic oxidation sites excluding steroid dienone is 1. The van der Waals surface area contributed by atoms with E-state index in [-0.39, 0.29) is 36.4 Å². The van der Waals surface area contributed by atoms with Crippen molar-refractivity contribution in [3.05, 3.63) is 119 Å². The molecule has 4 aromatic carbocycles. The van der Waals surface area contributed by atoms with Gasteiger partial charge in [-0.05, 0) is 128 Å². The van der Waals surface area contributed by atoms with E-state index >= 15 is 0 Å². The van der Waals surface area contributed by atoms with Crippen molar-refractivity contribution < 1.29 is 29.4 Å². The molecule has 3 unspecified atom stereocenters. The summed E-state index contributed by atoms with van der Waals surface area (Å²) in [5.41, 5.74) is 7.80. The minimum atomic E-state index is -0.981. The Morgan fingerprint density at radius 2 is 1.25 bits per heavy atom. The number of phenolic OH excluding ortho intramolecular Hbond substituents is 2. The number of nitrogens with zero attached hydrogens (tertiary/aromatic N) is 4. The zero-order valence-corrected chi connectivity index (χ0v) is 34.2. The van der Waals surface area contributed by atoms with Crippen LogP contribution in [0.2, 0.25) is 0 Å². The number of halogens is 1. The average Bonchev–Trinajstić information content (AvgIpc) is 3.48. The summed E-state index contributed by atoms with van der Waals surface area (Å²) in [6, 6.07) is 28.2. The largest absolute Gasteiger partial charge is 0.508 e. The molecule has 8 rings (SSSR count). The molecule has 3 fully saturated rings. The third-order valence-electron chi connectivity index (χ3n) is 12.5. The lowest BCUT2D eigenvalue weighted by molar-refractivity contribution is -0.136. The van der Waals surface area contributed by atoms with E-state index in [0.717, 1.165) is 84.0 Å². The Morgan fingerprint density at radius 1 is 0.695 bits per heavy atom. The van der Waals surface area contributed by atoms with Gasteiger partial charge in [-0.25, -0.2) is 0 Å². The smallest absolute Gasteiger partial charge is 0.262 e. The minimum absolute atomic E-state index is 0.0892. The molecule has 4 aliphatic heterocycles. The van der Waals surface area contributed by atoms with Crippen LogP contribution in [0.25, 0.3) is 11.1 Å². The number of fused-ring (bicyclic) bond motifs is 1. The molecule has 4 heterocycles. The van der Waals surface area contributed by atoms with Crippen molar-refractivity contribution >= 4 is 57.8 Å². The summed E-state index contributed by atoms with van der Waals surface area (Å²) in [5, 5.41) is 22.3. The van der Waals surface area contributed by atoms with Gasteiger partial charge in [0.15, 0.2) is 0 Å². The van der Waals surface area contributed by atoms with Gasteiger partial charge in [-0.3, -0.25) is 34.3 Å². The number of benzene rings is 4. The fourth-order valence-corrected chi connectivity index (χ4v) is 9.60. The predicted octanol–water partition coefficient (Wildman–Crippen LogP) is 6.90. The van der Waals surface area contributed by atoms with Gasteiger partial charge < -0.3 is 20.0 Å². The average molecular weight is 816 g/mol. The fourth-order valence-electron chi connectivity index (χ4n) is 9.41. The maximum atomic E-state index is 13.5. The first kappa shape index (κ1) is 40.1. The van der Waals surface area contributed by atoms with Gasteiger partial charge >= 0.3 is 0 Å². The summed E-state index contributed by atoms with van der Waals surface area (Å²) in [4.78, 5) is 59.3. The van der Waals surface area contributed by atoms with Crippen LogP contribution in [0.15, 0.2) is 91.0 Å². The lowest BCUT2D eigenvalue weighted by atomic mass is 9.88. The standard InChI is InChI=1S/C47H50ClN5O6/c1-29-26-51(36-11-16-40-41(25-36)47(59)53(46(40)58)42-17-18-43(56)49-45(42)57)27-30(2)52(29)28-31-20-23-50(24-21-31)35-9-3-33(4-10-35)44(34-7-14-38(55)15-8-34)39(19-22-48)32-5-12-37(54)13-6-32/h3-16,25,29-31,42,54-55H,17-24,26-28H2,1-2H3,(H,49,56,57). The van der Waals surface area contributed by atoms with Gasteiger partial charge in [0, 0.05) is 68.5 Å². The zero-order chi connectivity index (χ0) is 41.4. The van der Waals surface area contributed by atoms with Crippen LogP contribution in [0, 0.1) is 5.92 Å². The van der Waals surface area contributed by atoms with Crippen LogP contribution >= 0.6 is 11.6 Å². The van der Waals surface area contributed by atoms with Gasteiger partial charge in [0.25, 0.3) is 11.8 Å². The van der Waals surface area contributed by atoms with Crippen LogP contribution < -0.4 is 15.1 Å². The zero-order valence-electron chi connectivity index (χ0n) is 33.4. The third-order valence-corrected chi connectivity index (χ3v) is 12.7. The quantitative estimate of drug-likeness (QED) is 0.0889. The van der Waals surface area contributed by atoms with Gasteiger partial charge in [-0.15, -0.1) is 11.6 Å². The normalized spacial score (nSPS) is 22.1. The number of amides is 4. The Kier molecular flexibility index (Phi) is 11.5. The number of anilines is 2. The Labute approximate surface area is 349 Å². The maximum Gasteiger partial charge on any atom is 0.262 e. The molecule has 4 aromatic rings. The van der Waals surface area contributed by atoms with E-state index in [1.807, 2.05) is 30.3 Å². The Bertz CT molecular complexity index is 2260. The Balaban J connectivity index is 0.901. The number of carbonyl (C=O) groups is 4. The summed E-state index contributed by atoms with van der Waals surface area (Å²) in [6.07, 6.45) is 3.03. The molecule has 59 heavy (non-hydrogen) atoms. The number of aromatic hydroxyl groups is 2. The molecule has 4 amide bonds. The topological polar surface area (TPSA) is 134 Å². The summed E-state index contributed by atoms with van der Waals surface area (Å²) >= 11 is 6.35. The van der Waals surface area contributed by atoms with E-state index in [9.17, 15) is 29.4 Å². The molecule has 0 bridgehead atoms. The fraction of sp³-hybridized carbons (Fsp3) is 0.362. The molecule has 3 saturated heterocycles. The van der Waals surface area contributed by atoms with Crippen molar-refractivity contribution in [1.82, 2.24) is 15.1 Å². The molecule has 12 heteroatoms. The number of nitrogens with one attached hydrogen (secondary N) is 1. The summed E-state index contributed by atoms with van der Waals surface area (Å²) < 4.78 is 0. The van der Waals surface area contributed by atoms with Crippen LogP contribution in [0.5, 0.6) is 11.5 Å². The number of hydrogen-bond acceptors (Lipinski definition) is 9. The molecule has 0 radical (unpaired) electrons. The SMILES string of the molecule is CC1CN(c2ccc3c(c2)C(=O)N(C2CCC(=O)NC2=O)C3=O)CC(C)N1CC1CCN(c2ccc(C(=C(CCCl)c3ccc(O)cc3)c3ccc(O)cc3)cc2)CC1. The molecule has 0 aliphatic carbocycles. The van der Waals surface area contributed by atoms with Gasteiger partial charge in [-0.2, -0.15) is 0 Å². The van der Waals surface area contributed by atoms with Crippen LogP contribution in [0.1, 0.15) is 83.4 Å². The van der Waals surface area contributed by atoms with Crippen molar-refractivity contribution in [2.75, 3.05) is 48.4 Å². The number of piperidine rings is 2. The van der Waals surface area contributed by atoms with E-state index < -0.39 is 29.7 Å². The third kappa shape index (κ3) is 8.18.